The fourth-order valence-corrected chi connectivity index (χ4v) is 4.89. The van der Waals surface area contributed by atoms with Crippen LogP contribution in [0.4, 0.5) is 0 Å². The van der Waals surface area contributed by atoms with Crippen LogP contribution in [0.5, 0.6) is 11.6 Å². The summed E-state index contributed by atoms with van der Waals surface area (Å²) in [5.74, 6) is 3.33. The van der Waals surface area contributed by atoms with Gasteiger partial charge in [0.2, 0.25) is 5.88 Å². The molecule has 0 radical (unpaired) electrons. The third-order valence-corrected chi connectivity index (χ3v) is 6.93. The zero-order chi connectivity index (χ0) is 24.3. The van der Waals surface area contributed by atoms with E-state index in [2.05, 4.69) is 67.4 Å². The Bertz CT molecular complexity index is 1090. The number of hydrogen-bond acceptors (Lipinski definition) is 3. The van der Waals surface area contributed by atoms with Crippen LogP contribution in [0.2, 0.25) is 0 Å². The Balaban J connectivity index is 1.38. The lowest BCUT2D eigenvalue weighted by Crippen LogP contribution is -2.04. The van der Waals surface area contributed by atoms with Crippen LogP contribution in [0.25, 0.3) is 16.9 Å². The maximum atomic E-state index is 6.43. The standard InChI is InChI=1S/C32H39NO2/c1-3-12-25(4-2)13-11-22-34-32-21-20-28(24-33-32)27-16-10-17-29(23-27)35-31-19-7-5-6-14-26-15-8-9-18-30(26)31/h8-10,15-21,23-25H,3-7,11-14,22H2,1-2H3. The minimum Gasteiger partial charge on any atom is -0.478 e. The molecule has 184 valence electrons. The number of fused-ring (bicyclic) bond motifs is 1. The van der Waals surface area contributed by atoms with Gasteiger partial charge in [0.05, 0.1) is 6.61 Å². The quantitative estimate of drug-likeness (QED) is 0.263. The number of benzene rings is 2. The summed E-state index contributed by atoms with van der Waals surface area (Å²) in [4.78, 5) is 4.55. The van der Waals surface area contributed by atoms with Crippen LogP contribution < -0.4 is 9.47 Å². The molecule has 1 aliphatic carbocycles. The van der Waals surface area contributed by atoms with E-state index in [1.807, 2.05) is 24.4 Å². The van der Waals surface area contributed by atoms with Gasteiger partial charge in [-0.3, -0.25) is 0 Å². The summed E-state index contributed by atoms with van der Waals surface area (Å²) >= 11 is 0. The molecule has 1 atom stereocenters. The lowest BCUT2D eigenvalue weighted by Gasteiger charge is -2.17. The Kier molecular flexibility index (Phi) is 9.39. The van der Waals surface area contributed by atoms with Crippen molar-refractivity contribution in [3.63, 3.8) is 0 Å². The Labute approximate surface area is 211 Å². The highest BCUT2D eigenvalue weighted by Gasteiger charge is 2.13. The molecular formula is C32H39NO2. The molecule has 1 unspecified atom stereocenters. The summed E-state index contributed by atoms with van der Waals surface area (Å²) in [6.45, 7) is 5.28. The molecule has 0 N–H and O–H groups in total. The highest BCUT2D eigenvalue weighted by Crippen LogP contribution is 2.30. The minimum atomic E-state index is 0.695. The van der Waals surface area contributed by atoms with Crippen molar-refractivity contribution < 1.29 is 9.47 Å². The molecule has 3 heteroatoms. The summed E-state index contributed by atoms with van der Waals surface area (Å²) < 4.78 is 12.3. The number of nitrogens with zero attached hydrogens (tertiary/aromatic N) is 1. The largest absolute Gasteiger partial charge is 0.478 e. The van der Waals surface area contributed by atoms with Gasteiger partial charge in [0.1, 0.15) is 11.5 Å². The van der Waals surface area contributed by atoms with E-state index in [-0.39, 0.29) is 0 Å². The fraction of sp³-hybridized carbons (Fsp3) is 0.406. The van der Waals surface area contributed by atoms with Gasteiger partial charge >= 0.3 is 0 Å². The van der Waals surface area contributed by atoms with Gasteiger partial charge in [0.25, 0.3) is 0 Å². The summed E-state index contributed by atoms with van der Waals surface area (Å²) in [6.07, 6.45) is 14.9. The van der Waals surface area contributed by atoms with Gasteiger partial charge in [0.15, 0.2) is 0 Å². The van der Waals surface area contributed by atoms with Gasteiger partial charge in [-0.05, 0) is 79.8 Å². The molecule has 0 bridgehead atoms. The van der Waals surface area contributed by atoms with Gasteiger partial charge in [0, 0.05) is 23.4 Å². The second kappa shape index (κ2) is 13.1. The summed E-state index contributed by atoms with van der Waals surface area (Å²) in [5.41, 5.74) is 4.72. The van der Waals surface area contributed by atoms with E-state index in [0.717, 1.165) is 54.4 Å². The van der Waals surface area contributed by atoms with E-state index in [1.54, 1.807) is 0 Å². The van der Waals surface area contributed by atoms with E-state index < -0.39 is 0 Å². The smallest absolute Gasteiger partial charge is 0.213 e. The third kappa shape index (κ3) is 7.21. The van der Waals surface area contributed by atoms with Crippen molar-refractivity contribution in [3.05, 3.63) is 84.1 Å². The molecule has 3 nitrogen and oxygen atoms in total. The first kappa shape index (κ1) is 25.0. The lowest BCUT2D eigenvalue weighted by molar-refractivity contribution is 0.277. The number of aromatic nitrogens is 1. The molecule has 4 rings (SSSR count). The molecule has 0 saturated heterocycles. The number of aryl methyl sites for hydroxylation is 1. The summed E-state index contributed by atoms with van der Waals surface area (Å²) in [5, 5.41) is 0. The van der Waals surface area contributed by atoms with Gasteiger partial charge in [-0.15, -0.1) is 0 Å². The average molecular weight is 470 g/mol. The van der Waals surface area contributed by atoms with Crippen LogP contribution in [0.1, 0.15) is 76.3 Å². The maximum absolute atomic E-state index is 6.43. The summed E-state index contributed by atoms with van der Waals surface area (Å²) in [6, 6.07) is 20.9. The molecule has 2 aromatic carbocycles. The topological polar surface area (TPSA) is 31.4 Å². The molecule has 0 fully saturated rings. The molecule has 0 spiro atoms. The molecule has 0 amide bonds. The predicted molar refractivity (Wildman–Crippen MR) is 146 cm³/mol. The Hall–Kier alpha value is -3.07. The molecule has 1 heterocycles. The second-order valence-corrected chi connectivity index (χ2v) is 9.54. The highest BCUT2D eigenvalue weighted by atomic mass is 16.5. The molecule has 3 aromatic rings. The van der Waals surface area contributed by atoms with Gasteiger partial charge in [-0.25, -0.2) is 4.98 Å². The van der Waals surface area contributed by atoms with Crippen molar-refractivity contribution in [2.45, 2.75) is 71.6 Å². The van der Waals surface area contributed by atoms with Crippen molar-refractivity contribution in [2.24, 2.45) is 5.92 Å². The van der Waals surface area contributed by atoms with Gasteiger partial charge in [-0.2, -0.15) is 0 Å². The number of hydrogen-bond donors (Lipinski definition) is 0. The molecule has 0 saturated carbocycles. The lowest BCUT2D eigenvalue weighted by atomic mass is 9.96. The van der Waals surface area contributed by atoms with E-state index in [1.165, 1.54) is 49.7 Å². The first-order chi connectivity index (χ1) is 17.3. The SMILES string of the molecule is CCCC(CC)CCCOc1ccc(-c2cccc(OC3=CCCCCc4ccccc43)c2)cn1. The number of ether oxygens (including phenoxy) is 2. The van der Waals surface area contributed by atoms with Crippen LogP contribution in [0.15, 0.2) is 72.9 Å². The van der Waals surface area contributed by atoms with Crippen molar-refractivity contribution in [1.29, 1.82) is 0 Å². The van der Waals surface area contributed by atoms with Crippen LogP contribution in [-0.2, 0) is 6.42 Å². The van der Waals surface area contributed by atoms with Crippen LogP contribution in [0.3, 0.4) is 0 Å². The second-order valence-electron chi connectivity index (χ2n) is 9.54. The normalized spacial score (nSPS) is 14.3. The monoisotopic (exact) mass is 469 g/mol. The molecule has 1 aliphatic rings. The number of rotatable bonds is 11. The van der Waals surface area contributed by atoms with E-state index >= 15 is 0 Å². The number of allylic oxidation sites excluding steroid dienone is 1. The maximum Gasteiger partial charge on any atom is 0.213 e. The van der Waals surface area contributed by atoms with Crippen LogP contribution in [-0.4, -0.2) is 11.6 Å². The zero-order valence-corrected chi connectivity index (χ0v) is 21.3. The van der Waals surface area contributed by atoms with Crippen molar-refractivity contribution in [3.8, 4) is 22.8 Å². The Morgan fingerprint density at radius 2 is 1.83 bits per heavy atom. The Morgan fingerprint density at radius 1 is 0.914 bits per heavy atom. The summed E-state index contributed by atoms with van der Waals surface area (Å²) in [7, 11) is 0. The molecule has 1 aromatic heterocycles. The number of pyridine rings is 1. The molecule has 35 heavy (non-hydrogen) atoms. The predicted octanol–water partition coefficient (Wildman–Crippen LogP) is 8.88. The van der Waals surface area contributed by atoms with Crippen molar-refractivity contribution in [1.82, 2.24) is 4.98 Å². The van der Waals surface area contributed by atoms with Gasteiger partial charge in [-0.1, -0.05) is 69.5 Å². The Morgan fingerprint density at radius 3 is 2.66 bits per heavy atom. The highest BCUT2D eigenvalue weighted by molar-refractivity contribution is 5.68. The molecular weight excluding hydrogens is 430 g/mol. The van der Waals surface area contributed by atoms with Crippen molar-refractivity contribution in [2.75, 3.05) is 6.61 Å². The van der Waals surface area contributed by atoms with Crippen LogP contribution in [0, 0.1) is 5.92 Å². The van der Waals surface area contributed by atoms with E-state index in [4.69, 9.17) is 9.47 Å². The first-order valence-corrected chi connectivity index (χ1v) is 13.4. The van der Waals surface area contributed by atoms with E-state index in [9.17, 15) is 0 Å². The third-order valence-electron chi connectivity index (χ3n) is 6.93. The van der Waals surface area contributed by atoms with Crippen LogP contribution >= 0.6 is 0 Å². The minimum absolute atomic E-state index is 0.695. The fourth-order valence-electron chi connectivity index (χ4n) is 4.89. The van der Waals surface area contributed by atoms with Crippen molar-refractivity contribution >= 4 is 5.76 Å². The van der Waals surface area contributed by atoms with E-state index in [0.29, 0.717) is 5.88 Å². The molecule has 0 aliphatic heterocycles. The van der Waals surface area contributed by atoms with Gasteiger partial charge < -0.3 is 9.47 Å². The average Bonchev–Trinajstić information content (AvgIpc) is 2.89. The first-order valence-electron chi connectivity index (χ1n) is 13.4. The zero-order valence-electron chi connectivity index (χ0n) is 21.3.